The standard InChI is InChI=1S/C19H21F3N4O/c1-12-9-16(24-17(27)15-11-18(15)5-7-23-8-6-18)26(25-12)14-4-2-3-13(10-14)19(20,21)22/h2-4,9-10,15,23H,5-8,11H2,1H3,(H,24,27). The van der Waals surface area contributed by atoms with Crippen LogP contribution >= 0.6 is 0 Å². The third-order valence-corrected chi connectivity index (χ3v) is 5.61. The monoisotopic (exact) mass is 378 g/mol. The summed E-state index contributed by atoms with van der Waals surface area (Å²) in [6.45, 7) is 3.58. The lowest BCUT2D eigenvalue weighted by Gasteiger charge is -2.23. The first-order valence-corrected chi connectivity index (χ1v) is 9.04. The Bertz CT molecular complexity index is 868. The maximum atomic E-state index is 13.0. The van der Waals surface area contributed by atoms with Gasteiger partial charge < -0.3 is 10.6 Å². The summed E-state index contributed by atoms with van der Waals surface area (Å²) in [5, 5.41) is 10.5. The number of aromatic nitrogens is 2. The summed E-state index contributed by atoms with van der Waals surface area (Å²) >= 11 is 0. The fourth-order valence-electron chi connectivity index (χ4n) is 4.01. The van der Waals surface area contributed by atoms with Gasteiger partial charge in [0.2, 0.25) is 5.91 Å². The molecule has 1 aromatic carbocycles. The Kier molecular flexibility index (Phi) is 4.25. The van der Waals surface area contributed by atoms with Crippen LogP contribution in [0.3, 0.4) is 0 Å². The second-order valence-electron chi connectivity index (χ2n) is 7.49. The minimum Gasteiger partial charge on any atom is -0.317 e. The minimum atomic E-state index is -4.43. The highest BCUT2D eigenvalue weighted by Crippen LogP contribution is 2.58. The van der Waals surface area contributed by atoms with Crippen molar-refractivity contribution in [1.82, 2.24) is 15.1 Å². The average Bonchev–Trinajstić information content (AvgIpc) is 3.19. The molecule has 1 amide bonds. The number of piperidine rings is 1. The highest BCUT2D eigenvalue weighted by atomic mass is 19.4. The topological polar surface area (TPSA) is 59.0 Å². The van der Waals surface area contributed by atoms with Gasteiger partial charge in [-0.25, -0.2) is 4.68 Å². The number of alkyl halides is 3. The van der Waals surface area contributed by atoms with Gasteiger partial charge in [-0.3, -0.25) is 4.79 Å². The quantitative estimate of drug-likeness (QED) is 0.859. The SMILES string of the molecule is Cc1cc(NC(=O)C2CC23CCNCC3)n(-c2cccc(C(F)(F)F)c2)n1. The Labute approximate surface area is 154 Å². The molecule has 2 aromatic rings. The second kappa shape index (κ2) is 6.37. The molecule has 1 aromatic heterocycles. The van der Waals surface area contributed by atoms with Gasteiger partial charge in [-0.05, 0) is 62.9 Å². The summed E-state index contributed by atoms with van der Waals surface area (Å²) in [4.78, 5) is 12.7. The zero-order valence-corrected chi connectivity index (χ0v) is 14.9. The number of hydrogen-bond donors (Lipinski definition) is 2. The van der Waals surface area contributed by atoms with Crippen LogP contribution in [0.2, 0.25) is 0 Å². The van der Waals surface area contributed by atoms with Crippen molar-refractivity contribution in [3.05, 3.63) is 41.6 Å². The highest BCUT2D eigenvalue weighted by molar-refractivity contribution is 5.94. The van der Waals surface area contributed by atoms with Crippen molar-refractivity contribution < 1.29 is 18.0 Å². The minimum absolute atomic E-state index is 0.0373. The smallest absolute Gasteiger partial charge is 0.317 e. The number of hydrogen-bond acceptors (Lipinski definition) is 3. The largest absolute Gasteiger partial charge is 0.416 e. The first kappa shape index (κ1) is 18.0. The van der Waals surface area contributed by atoms with Gasteiger partial charge in [0.05, 0.1) is 16.9 Å². The highest BCUT2D eigenvalue weighted by Gasteiger charge is 2.57. The molecule has 144 valence electrons. The van der Waals surface area contributed by atoms with Crippen molar-refractivity contribution in [2.45, 2.75) is 32.4 Å². The summed E-state index contributed by atoms with van der Waals surface area (Å²) in [7, 11) is 0. The lowest BCUT2D eigenvalue weighted by atomic mass is 9.92. The van der Waals surface area contributed by atoms with E-state index in [1.807, 2.05) is 0 Å². The Morgan fingerprint density at radius 1 is 1.30 bits per heavy atom. The normalized spacial score (nSPS) is 21.3. The van der Waals surface area contributed by atoms with E-state index in [0.717, 1.165) is 44.5 Å². The van der Waals surface area contributed by atoms with Crippen molar-refractivity contribution in [3.8, 4) is 5.69 Å². The molecule has 1 unspecified atom stereocenters. The van der Waals surface area contributed by atoms with Crippen LogP contribution in [0.15, 0.2) is 30.3 Å². The van der Waals surface area contributed by atoms with Gasteiger partial charge in [0.25, 0.3) is 0 Å². The van der Waals surface area contributed by atoms with Crippen LogP contribution in [0.1, 0.15) is 30.5 Å². The number of nitrogens with zero attached hydrogens (tertiary/aromatic N) is 2. The number of benzene rings is 1. The predicted octanol–water partition coefficient (Wildman–Crippen LogP) is 3.53. The van der Waals surface area contributed by atoms with Crippen molar-refractivity contribution in [2.75, 3.05) is 18.4 Å². The van der Waals surface area contributed by atoms with Crippen LogP contribution in [-0.4, -0.2) is 28.8 Å². The van der Waals surface area contributed by atoms with Gasteiger partial charge in [0.15, 0.2) is 0 Å². The number of amides is 1. The summed E-state index contributed by atoms with van der Waals surface area (Å²) in [5.41, 5.74) is 0.225. The summed E-state index contributed by atoms with van der Waals surface area (Å²) < 4.78 is 40.4. The number of carbonyl (C=O) groups excluding carboxylic acids is 1. The van der Waals surface area contributed by atoms with E-state index in [9.17, 15) is 18.0 Å². The van der Waals surface area contributed by atoms with Gasteiger partial charge in [0, 0.05) is 12.0 Å². The number of halogens is 3. The van der Waals surface area contributed by atoms with E-state index in [1.54, 1.807) is 19.1 Å². The summed E-state index contributed by atoms with van der Waals surface area (Å²) in [5.74, 6) is 0.280. The Balaban J connectivity index is 1.56. The molecule has 1 saturated carbocycles. The molecule has 2 fully saturated rings. The third-order valence-electron chi connectivity index (χ3n) is 5.61. The van der Waals surface area contributed by atoms with Crippen LogP contribution < -0.4 is 10.6 Å². The molecular weight excluding hydrogens is 357 g/mol. The zero-order chi connectivity index (χ0) is 19.2. The summed E-state index contributed by atoms with van der Waals surface area (Å²) in [6, 6.07) is 6.61. The number of carbonyl (C=O) groups is 1. The van der Waals surface area contributed by atoms with Crippen molar-refractivity contribution in [2.24, 2.45) is 11.3 Å². The van der Waals surface area contributed by atoms with Crippen LogP contribution in [0.5, 0.6) is 0 Å². The van der Waals surface area contributed by atoms with E-state index in [0.29, 0.717) is 11.5 Å². The molecular formula is C19H21F3N4O. The van der Waals surface area contributed by atoms with Gasteiger partial charge in [0.1, 0.15) is 5.82 Å². The first-order valence-electron chi connectivity index (χ1n) is 9.04. The fraction of sp³-hybridized carbons (Fsp3) is 0.474. The van der Waals surface area contributed by atoms with Crippen LogP contribution in [0, 0.1) is 18.3 Å². The predicted molar refractivity (Wildman–Crippen MR) is 94.6 cm³/mol. The lowest BCUT2D eigenvalue weighted by Crippen LogP contribution is -2.31. The van der Waals surface area contributed by atoms with E-state index in [2.05, 4.69) is 15.7 Å². The molecule has 2 heterocycles. The van der Waals surface area contributed by atoms with Crippen LogP contribution in [-0.2, 0) is 11.0 Å². The van der Waals surface area contributed by atoms with E-state index in [1.165, 1.54) is 10.7 Å². The van der Waals surface area contributed by atoms with Gasteiger partial charge in [-0.2, -0.15) is 18.3 Å². The molecule has 1 aliphatic carbocycles. The summed E-state index contributed by atoms with van der Waals surface area (Å²) in [6.07, 6.45) is -1.60. The molecule has 27 heavy (non-hydrogen) atoms. The molecule has 2 aliphatic rings. The van der Waals surface area contributed by atoms with Gasteiger partial charge >= 0.3 is 6.18 Å². The van der Waals surface area contributed by atoms with Crippen LogP contribution in [0.25, 0.3) is 5.69 Å². The molecule has 8 heteroatoms. The molecule has 0 radical (unpaired) electrons. The van der Waals surface area contributed by atoms with E-state index in [-0.39, 0.29) is 22.9 Å². The van der Waals surface area contributed by atoms with E-state index in [4.69, 9.17) is 0 Å². The molecule has 1 saturated heterocycles. The molecule has 2 N–H and O–H groups in total. The lowest BCUT2D eigenvalue weighted by molar-refractivity contribution is -0.137. The Hall–Kier alpha value is -2.35. The maximum Gasteiger partial charge on any atom is 0.416 e. The second-order valence-corrected chi connectivity index (χ2v) is 7.49. The average molecular weight is 378 g/mol. The van der Waals surface area contributed by atoms with Crippen molar-refractivity contribution >= 4 is 11.7 Å². The number of anilines is 1. The zero-order valence-electron chi connectivity index (χ0n) is 14.9. The van der Waals surface area contributed by atoms with E-state index < -0.39 is 11.7 Å². The molecule has 4 rings (SSSR count). The third kappa shape index (κ3) is 3.45. The van der Waals surface area contributed by atoms with Gasteiger partial charge in [-0.15, -0.1) is 0 Å². The van der Waals surface area contributed by atoms with Crippen molar-refractivity contribution in [3.63, 3.8) is 0 Å². The Morgan fingerprint density at radius 2 is 2.04 bits per heavy atom. The van der Waals surface area contributed by atoms with Crippen molar-refractivity contribution in [1.29, 1.82) is 0 Å². The van der Waals surface area contributed by atoms with E-state index >= 15 is 0 Å². The van der Waals surface area contributed by atoms with Gasteiger partial charge in [-0.1, -0.05) is 6.07 Å². The Morgan fingerprint density at radius 3 is 2.74 bits per heavy atom. The number of aryl methyl sites for hydroxylation is 1. The first-order chi connectivity index (χ1) is 12.8. The molecule has 1 aliphatic heterocycles. The molecule has 1 atom stereocenters. The van der Waals surface area contributed by atoms with Crippen LogP contribution in [0.4, 0.5) is 19.0 Å². The maximum absolute atomic E-state index is 13.0. The molecule has 0 bridgehead atoms. The molecule has 5 nitrogen and oxygen atoms in total. The fourth-order valence-corrected chi connectivity index (χ4v) is 4.01. The number of rotatable bonds is 3. The number of nitrogens with one attached hydrogen (secondary N) is 2. The molecule has 1 spiro atoms.